The number of aliphatic hydroxyl groups excluding tert-OH is 1. The Labute approximate surface area is 231 Å². The zero-order valence-electron chi connectivity index (χ0n) is 20.5. The monoisotopic (exact) mass is 551 g/mol. The summed E-state index contributed by atoms with van der Waals surface area (Å²) in [6.07, 6.45) is 1.78. The van der Waals surface area contributed by atoms with Crippen molar-refractivity contribution in [3.63, 3.8) is 0 Å². The van der Waals surface area contributed by atoms with Crippen LogP contribution in [0.15, 0.2) is 66.7 Å². The minimum Gasteiger partial charge on any atom is -0.388 e. The fourth-order valence-electron chi connectivity index (χ4n) is 3.48. The quantitative estimate of drug-likeness (QED) is 0.284. The van der Waals surface area contributed by atoms with Crippen LogP contribution in [0.3, 0.4) is 0 Å². The van der Waals surface area contributed by atoms with E-state index in [0.29, 0.717) is 39.7 Å². The molecular formula is C29H27Cl2N3O4. The number of halogens is 2. The number of Topliss-reactive ketones (excluding diaryl/α,β-unsaturated/α-hetero) is 1. The van der Waals surface area contributed by atoms with Gasteiger partial charge < -0.3 is 21.5 Å². The number of aliphatic hydroxyl groups is 1. The highest BCUT2D eigenvalue weighted by Crippen LogP contribution is 2.23. The third-order valence-electron chi connectivity index (χ3n) is 5.61. The average molecular weight is 552 g/mol. The van der Waals surface area contributed by atoms with Crippen LogP contribution < -0.4 is 16.4 Å². The van der Waals surface area contributed by atoms with Gasteiger partial charge in [-0.15, -0.1) is 0 Å². The Balaban J connectivity index is 1.49. The maximum Gasteiger partial charge on any atom is 0.251 e. The average Bonchev–Trinajstić information content (AvgIpc) is 2.93. The molecule has 7 nitrogen and oxygen atoms in total. The number of carbonyl (C=O) groups is 3. The van der Waals surface area contributed by atoms with Crippen LogP contribution in [0.25, 0.3) is 0 Å². The first kappa shape index (κ1) is 28.9. The number of carbonyl (C=O) groups excluding carboxylic acids is 3. The highest BCUT2D eigenvalue weighted by molar-refractivity contribution is 6.42. The highest BCUT2D eigenvalue weighted by Gasteiger charge is 2.18. The second kappa shape index (κ2) is 14.3. The molecule has 0 radical (unpaired) electrons. The summed E-state index contributed by atoms with van der Waals surface area (Å²) >= 11 is 12.0. The van der Waals surface area contributed by atoms with Gasteiger partial charge in [0, 0.05) is 35.3 Å². The molecule has 0 aliphatic carbocycles. The van der Waals surface area contributed by atoms with Gasteiger partial charge in [-0.3, -0.25) is 14.4 Å². The van der Waals surface area contributed by atoms with Gasteiger partial charge in [0.05, 0.1) is 10.0 Å². The van der Waals surface area contributed by atoms with Crippen LogP contribution in [0.4, 0.5) is 5.69 Å². The predicted octanol–water partition coefficient (Wildman–Crippen LogP) is 3.97. The van der Waals surface area contributed by atoms with Crippen molar-refractivity contribution in [1.29, 1.82) is 0 Å². The molecule has 3 rings (SSSR count). The van der Waals surface area contributed by atoms with Gasteiger partial charge in [0.2, 0.25) is 5.91 Å². The van der Waals surface area contributed by atoms with Crippen LogP contribution in [-0.2, 0) is 16.0 Å². The predicted molar refractivity (Wildman–Crippen MR) is 149 cm³/mol. The van der Waals surface area contributed by atoms with Gasteiger partial charge in [-0.2, -0.15) is 0 Å². The number of nitrogens with two attached hydrogens (primary N) is 1. The summed E-state index contributed by atoms with van der Waals surface area (Å²) in [7, 11) is 0. The SMILES string of the molecule is NC[C@H](NC(=O)c1ccc(C#Cc2ccc(NC(=O)CCCc3ccc(Cl)c(Cl)c3)cc2)cc1)C(=O)CO. The smallest absolute Gasteiger partial charge is 0.251 e. The van der Waals surface area contributed by atoms with Gasteiger partial charge >= 0.3 is 0 Å². The van der Waals surface area contributed by atoms with E-state index in [1.54, 1.807) is 42.5 Å². The van der Waals surface area contributed by atoms with E-state index in [1.807, 2.05) is 24.3 Å². The standard InChI is InChI=1S/C29H27Cl2N3O4/c30-24-15-10-21(16-25(24)31)2-1-3-28(37)33-23-13-8-20(9-14-23)5-4-19-6-11-22(12-7-19)29(38)34-26(17-32)27(36)18-35/h6-16,26,35H,1-3,17-18,32H2,(H,33,37)(H,34,38)/t26-/m0/s1. The van der Waals surface area contributed by atoms with Crippen LogP contribution >= 0.6 is 23.2 Å². The van der Waals surface area contributed by atoms with Crippen LogP contribution in [-0.4, -0.2) is 41.9 Å². The van der Waals surface area contributed by atoms with Crippen LogP contribution in [0, 0.1) is 11.8 Å². The highest BCUT2D eigenvalue weighted by atomic mass is 35.5. The van der Waals surface area contributed by atoms with Gasteiger partial charge in [-0.25, -0.2) is 0 Å². The number of rotatable bonds is 10. The fraction of sp³-hybridized carbons (Fsp3) is 0.207. The molecule has 38 heavy (non-hydrogen) atoms. The molecule has 3 aromatic carbocycles. The molecule has 196 valence electrons. The summed E-state index contributed by atoms with van der Waals surface area (Å²) in [5, 5.41) is 15.3. The van der Waals surface area contributed by atoms with Gasteiger partial charge in [0.25, 0.3) is 5.91 Å². The number of nitrogens with one attached hydrogen (secondary N) is 2. The van der Waals surface area contributed by atoms with E-state index in [0.717, 1.165) is 17.5 Å². The minimum atomic E-state index is -0.936. The maximum atomic E-state index is 12.3. The Morgan fingerprint density at radius 2 is 1.53 bits per heavy atom. The van der Waals surface area contributed by atoms with Gasteiger partial charge in [-0.05, 0) is 79.1 Å². The summed E-state index contributed by atoms with van der Waals surface area (Å²) in [6.45, 7) is -0.789. The molecule has 0 heterocycles. The molecule has 5 N–H and O–H groups in total. The van der Waals surface area contributed by atoms with Crippen LogP contribution in [0.2, 0.25) is 10.0 Å². The van der Waals surface area contributed by atoms with Crippen molar-refractivity contribution in [1.82, 2.24) is 5.32 Å². The first-order chi connectivity index (χ1) is 18.3. The third kappa shape index (κ3) is 8.72. The van der Waals surface area contributed by atoms with Gasteiger partial charge in [-0.1, -0.05) is 41.1 Å². The Morgan fingerprint density at radius 3 is 2.11 bits per heavy atom. The first-order valence-corrected chi connectivity index (χ1v) is 12.6. The van der Waals surface area contributed by atoms with Gasteiger partial charge in [0.15, 0.2) is 5.78 Å². The van der Waals surface area contributed by atoms with Crippen molar-refractivity contribution in [2.45, 2.75) is 25.3 Å². The van der Waals surface area contributed by atoms with Crippen molar-refractivity contribution < 1.29 is 19.5 Å². The third-order valence-corrected chi connectivity index (χ3v) is 6.34. The number of amides is 2. The number of aryl methyl sites for hydroxylation is 1. The summed E-state index contributed by atoms with van der Waals surface area (Å²) in [6, 6.07) is 18.3. The molecule has 0 spiro atoms. The second-order valence-corrected chi connectivity index (χ2v) is 9.26. The lowest BCUT2D eigenvalue weighted by Gasteiger charge is -2.14. The molecule has 0 fully saturated rings. The summed E-state index contributed by atoms with van der Waals surface area (Å²) in [4.78, 5) is 36.2. The maximum absolute atomic E-state index is 12.3. The molecule has 0 bridgehead atoms. The summed E-state index contributed by atoms with van der Waals surface area (Å²) < 4.78 is 0. The molecule has 2 amide bonds. The number of ketones is 1. The molecule has 0 saturated heterocycles. The van der Waals surface area contributed by atoms with E-state index in [9.17, 15) is 14.4 Å². The number of hydrogen-bond donors (Lipinski definition) is 4. The molecule has 3 aromatic rings. The van der Waals surface area contributed by atoms with E-state index in [2.05, 4.69) is 22.5 Å². The van der Waals surface area contributed by atoms with Crippen molar-refractivity contribution in [2.24, 2.45) is 5.73 Å². The van der Waals surface area contributed by atoms with Gasteiger partial charge in [0.1, 0.15) is 12.6 Å². The molecule has 0 aliphatic rings. The van der Waals surface area contributed by atoms with E-state index in [1.165, 1.54) is 0 Å². The lowest BCUT2D eigenvalue weighted by molar-refractivity contribution is -0.123. The molecule has 0 saturated carbocycles. The fourth-order valence-corrected chi connectivity index (χ4v) is 3.80. The second-order valence-electron chi connectivity index (χ2n) is 8.44. The number of hydrogen-bond acceptors (Lipinski definition) is 5. The zero-order valence-corrected chi connectivity index (χ0v) is 22.0. The first-order valence-electron chi connectivity index (χ1n) is 11.9. The summed E-state index contributed by atoms with van der Waals surface area (Å²) in [5.41, 5.74) is 9.00. The van der Waals surface area contributed by atoms with E-state index < -0.39 is 24.3 Å². The molecule has 0 aliphatic heterocycles. The van der Waals surface area contributed by atoms with Crippen LogP contribution in [0.1, 0.15) is 39.9 Å². The van der Waals surface area contributed by atoms with E-state index in [-0.39, 0.29) is 12.5 Å². The van der Waals surface area contributed by atoms with Crippen LogP contribution in [0.5, 0.6) is 0 Å². The topological polar surface area (TPSA) is 122 Å². The minimum absolute atomic E-state index is 0.0773. The number of benzene rings is 3. The van der Waals surface area contributed by atoms with E-state index in [4.69, 9.17) is 34.0 Å². The van der Waals surface area contributed by atoms with Crippen molar-refractivity contribution >= 4 is 46.5 Å². The Kier molecular flexibility index (Phi) is 10.9. The molecule has 1 atom stereocenters. The molecule has 0 aromatic heterocycles. The Bertz CT molecular complexity index is 1350. The molecular weight excluding hydrogens is 525 g/mol. The lowest BCUT2D eigenvalue weighted by atomic mass is 10.1. The Morgan fingerprint density at radius 1 is 0.895 bits per heavy atom. The van der Waals surface area contributed by atoms with Crippen molar-refractivity contribution in [3.8, 4) is 11.8 Å². The van der Waals surface area contributed by atoms with Crippen molar-refractivity contribution in [3.05, 3.63) is 99.0 Å². The summed E-state index contributed by atoms with van der Waals surface area (Å²) in [5.74, 6) is 4.98. The molecule has 9 heteroatoms. The lowest BCUT2D eigenvalue weighted by Crippen LogP contribution is -2.46. The van der Waals surface area contributed by atoms with E-state index >= 15 is 0 Å². The molecule has 0 unspecified atom stereocenters. The normalized spacial score (nSPS) is 11.2. The zero-order chi connectivity index (χ0) is 27.5. The Hall–Kier alpha value is -3.67. The largest absolute Gasteiger partial charge is 0.388 e. The number of anilines is 1. The van der Waals surface area contributed by atoms with Crippen molar-refractivity contribution in [2.75, 3.05) is 18.5 Å².